The van der Waals surface area contributed by atoms with E-state index >= 15 is 0 Å². The molecular formula is C20H17FN4. The molecule has 0 aliphatic carbocycles. The number of halogens is 1. The first-order chi connectivity index (χ1) is 12.2. The Morgan fingerprint density at radius 2 is 2.08 bits per heavy atom. The minimum absolute atomic E-state index is 0.231. The van der Waals surface area contributed by atoms with Gasteiger partial charge in [-0.15, -0.1) is 0 Å². The topological polar surface area (TPSA) is 46.5 Å². The predicted molar refractivity (Wildman–Crippen MR) is 95.8 cm³/mol. The van der Waals surface area contributed by atoms with E-state index in [4.69, 9.17) is 4.98 Å². The molecule has 4 aromatic rings. The van der Waals surface area contributed by atoms with E-state index < -0.39 is 0 Å². The second-order valence-corrected chi connectivity index (χ2v) is 6.61. The number of aromatic nitrogens is 4. The zero-order valence-corrected chi connectivity index (χ0v) is 13.9. The van der Waals surface area contributed by atoms with Gasteiger partial charge in [-0.3, -0.25) is 5.10 Å². The molecule has 0 fully saturated rings. The molecule has 1 aliphatic heterocycles. The Balaban J connectivity index is 1.79. The number of aromatic amines is 1. The highest BCUT2D eigenvalue weighted by Crippen LogP contribution is 2.37. The van der Waals surface area contributed by atoms with Crippen LogP contribution in [0.5, 0.6) is 0 Å². The van der Waals surface area contributed by atoms with Gasteiger partial charge in [0, 0.05) is 29.5 Å². The molecule has 0 unspecified atom stereocenters. The number of hydrogen-bond donors (Lipinski definition) is 1. The van der Waals surface area contributed by atoms with Gasteiger partial charge in [0.15, 0.2) is 0 Å². The molecule has 3 heterocycles. The lowest BCUT2D eigenvalue weighted by Gasteiger charge is -2.10. The maximum Gasteiger partial charge on any atom is 0.123 e. The van der Waals surface area contributed by atoms with Crippen LogP contribution in [0.25, 0.3) is 33.4 Å². The highest BCUT2D eigenvalue weighted by atomic mass is 19.1. The van der Waals surface area contributed by atoms with Gasteiger partial charge in [-0.1, -0.05) is 12.1 Å². The number of aryl methyl sites for hydroxylation is 2. The summed E-state index contributed by atoms with van der Waals surface area (Å²) < 4.78 is 16.2. The third-order valence-corrected chi connectivity index (χ3v) is 5.00. The summed E-state index contributed by atoms with van der Waals surface area (Å²) >= 11 is 0. The lowest BCUT2D eigenvalue weighted by Crippen LogP contribution is -1.97. The molecule has 5 heteroatoms. The van der Waals surface area contributed by atoms with Gasteiger partial charge in [0.25, 0.3) is 0 Å². The van der Waals surface area contributed by atoms with E-state index in [0.29, 0.717) is 0 Å². The van der Waals surface area contributed by atoms with Crippen LogP contribution in [-0.4, -0.2) is 19.7 Å². The molecule has 0 bridgehead atoms. The van der Waals surface area contributed by atoms with Crippen LogP contribution in [0, 0.1) is 12.7 Å². The minimum Gasteiger partial charge on any atom is -0.327 e. The van der Waals surface area contributed by atoms with Gasteiger partial charge in [-0.25, -0.2) is 9.37 Å². The van der Waals surface area contributed by atoms with Crippen molar-refractivity contribution in [3.05, 3.63) is 59.8 Å². The molecule has 0 saturated carbocycles. The van der Waals surface area contributed by atoms with Gasteiger partial charge in [0.2, 0.25) is 0 Å². The summed E-state index contributed by atoms with van der Waals surface area (Å²) in [7, 11) is 0. The largest absolute Gasteiger partial charge is 0.327 e. The average Bonchev–Trinajstić information content (AvgIpc) is 3.30. The molecule has 124 valence electrons. The van der Waals surface area contributed by atoms with Crippen molar-refractivity contribution in [1.29, 1.82) is 0 Å². The van der Waals surface area contributed by atoms with E-state index in [-0.39, 0.29) is 5.82 Å². The van der Waals surface area contributed by atoms with Crippen molar-refractivity contribution in [2.45, 2.75) is 26.3 Å². The van der Waals surface area contributed by atoms with E-state index in [9.17, 15) is 4.39 Å². The van der Waals surface area contributed by atoms with Crippen LogP contribution in [0.1, 0.15) is 17.8 Å². The zero-order valence-electron chi connectivity index (χ0n) is 13.9. The molecule has 0 saturated heterocycles. The number of benzene rings is 2. The first-order valence-electron chi connectivity index (χ1n) is 8.50. The van der Waals surface area contributed by atoms with E-state index in [1.165, 1.54) is 6.07 Å². The quantitative estimate of drug-likeness (QED) is 0.588. The molecule has 4 nitrogen and oxygen atoms in total. The Kier molecular flexibility index (Phi) is 3.04. The number of H-pyrrole nitrogens is 1. The summed E-state index contributed by atoms with van der Waals surface area (Å²) in [4.78, 5) is 4.88. The van der Waals surface area contributed by atoms with Crippen molar-refractivity contribution in [3.63, 3.8) is 0 Å². The number of nitrogens with one attached hydrogen (secondary N) is 1. The molecule has 25 heavy (non-hydrogen) atoms. The monoisotopic (exact) mass is 332 g/mol. The summed E-state index contributed by atoms with van der Waals surface area (Å²) in [5.74, 6) is 0.853. The summed E-state index contributed by atoms with van der Waals surface area (Å²) in [6, 6.07) is 11.2. The second kappa shape index (κ2) is 5.28. The van der Waals surface area contributed by atoms with Crippen LogP contribution >= 0.6 is 0 Å². The maximum absolute atomic E-state index is 13.9. The van der Waals surface area contributed by atoms with Crippen molar-refractivity contribution < 1.29 is 4.39 Å². The Bertz CT molecular complexity index is 1110. The minimum atomic E-state index is -0.231. The Morgan fingerprint density at radius 1 is 1.16 bits per heavy atom. The van der Waals surface area contributed by atoms with E-state index in [0.717, 1.165) is 64.2 Å². The van der Waals surface area contributed by atoms with Crippen LogP contribution in [0.2, 0.25) is 0 Å². The van der Waals surface area contributed by atoms with E-state index in [1.54, 1.807) is 6.07 Å². The van der Waals surface area contributed by atoms with Gasteiger partial charge >= 0.3 is 0 Å². The number of fused-ring (bicyclic) bond motifs is 2. The average molecular weight is 332 g/mol. The maximum atomic E-state index is 13.9. The molecule has 2 aromatic heterocycles. The highest BCUT2D eigenvalue weighted by molar-refractivity contribution is 5.88. The lowest BCUT2D eigenvalue weighted by molar-refractivity contribution is 0.628. The number of nitrogens with zero attached hydrogens (tertiary/aromatic N) is 3. The van der Waals surface area contributed by atoms with E-state index in [2.05, 4.69) is 26.9 Å². The van der Waals surface area contributed by atoms with Crippen molar-refractivity contribution in [2.24, 2.45) is 0 Å². The second-order valence-electron chi connectivity index (χ2n) is 6.61. The molecule has 1 aliphatic rings. The first kappa shape index (κ1) is 14.4. The third-order valence-electron chi connectivity index (χ3n) is 5.00. The predicted octanol–water partition coefficient (Wildman–Crippen LogP) is 4.49. The Hall–Kier alpha value is -2.95. The molecule has 5 rings (SSSR count). The van der Waals surface area contributed by atoms with Crippen molar-refractivity contribution in [2.75, 3.05) is 0 Å². The van der Waals surface area contributed by atoms with Crippen molar-refractivity contribution in [1.82, 2.24) is 19.7 Å². The SMILES string of the molecule is Cc1ccc(F)cc1-c1nc2n(c1-c1ccc3[nH]ncc3c1)CCC2. The van der Waals surface area contributed by atoms with Crippen molar-refractivity contribution in [3.8, 4) is 22.5 Å². The van der Waals surface area contributed by atoms with Crippen LogP contribution in [0.4, 0.5) is 4.39 Å². The van der Waals surface area contributed by atoms with E-state index in [1.807, 2.05) is 25.3 Å². The fourth-order valence-corrected chi connectivity index (χ4v) is 3.75. The molecule has 1 N–H and O–H groups in total. The van der Waals surface area contributed by atoms with Gasteiger partial charge in [0.05, 0.1) is 23.1 Å². The van der Waals surface area contributed by atoms with Gasteiger partial charge in [-0.05, 0) is 43.2 Å². The Morgan fingerprint density at radius 3 is 3.00 bits per heavy atom. The fourth-order valence-electron chi connectivity index (χ4n) is 3.75. The lowest BCUT2D eigenvalue weighted by atomic mass is 10.00. The standard InChI is InChI=1S/C20H17FN4/c1-12-4-6-15(21)10-16(12)19-20(25-8-2-3-18(25)23-19)13-5-7-17-14(9-13)11-22-24-17/h4-7,9-11H,2-3,8H2,1H3,(H,22,24). The van der Waals surface area contributed by atoms with Gasteiger partial charge in [-0.2, -0.15) is 5.10 Å². The normalized spacial score (nSPS) is 13.5. The fraction of sp³-hybridized carbons (Fsp3) is 0.200. The van der Waals surface area contributed by atoms with Crippen LogP contribution in [0.3, 0.4) is 0 Å². The van der Waals surface area contributed by atoms with Crippen LogP contribution in [0.15, 0.2) is 42.6 Å². The molecular weight excluding hydrogens is 315 g/mol. The Labute approximate surface area is 144 Å². The highest BCUT2D eigenvalue weighted by Gasteiger charge is 2.24. The summed E-state index contributed by atoms with van der Waals surface area (Å²) in [5.41, 5.74) is 5.94. The number of rotatable bonds is 2. The molecule has 0 amide bonds. The number of hydrogen-bond acceptors (Lipinski definition) is 2. The smallest absolute Gasteiger partial charge is 0.123 e. The first-order valence-corrected chi connectivity index (χ1v) is 8.50. The third kappa shape index (κ3) is 2.19. The summed E-state index contributed by atoms with van der Waals surface area (Å²) in [6.07, 6.45) is 3.90. The van der Waals surface area contributed by atoms with Gasteiger partial charge in [0.1, 0.15) is 11.6 Å². The summed E-state index contributed by atoms with van der Waals surface area (Å²) in [6.45, 7) is 2.96. The van der Waals surface area contributed by atoms with Crippen LogP contribution < -0.4 is 0 Å². The summed E-state index contributed by atoms with van der Waals surface area (Å²) in [5, 5.41) is 8.15. The molecule has 0 spiro atoms. The zero-order chi connectivity index (χ0) is 17.0. The molecule has 2 aromatic carbocycles. The molecule has 0 radical (unpaired) electrons. The van der Waals surface area contributed by atoms with Gasteiger partial charge < -0.3 is 4.57 Å². The molecule has 0 atom stereocenters. The number of imidazole rings is 1. The van der Waals surface area contributed by atoms with Crippen LogP contribution in [-0.2, 0) is 13.0 Å². The van der Waals surface area contributed by atoms with Crippen molar-refractivity contribution >= 4 is 10.9 Å².